The first-order valence-electron chi connectivity index (χ1n) is 10.9. The molecule has 1 atom stereocenters. The van der Waals surface area contributed by atoms with Gasteiger partial charge in [-0.3, -0.25) is 4.72 Å². The number of aryl methyl sites for hydroxylation is 1. The molecule has 4 rings (SSSR count). The van der Waals surface area contributed by atoms with E-state index in [2.05, 4.69) is 28.7 Å². The van der Waals surface area contributed by atoms with Gasteiger partial charge in [0.15, 0.2) is 0 Å². The highest BCUT2D eigenvalue weighted by Gasteiger charge is 2.27. The number of anilines is 3. The number of piperazine rings is 1. The van der Waals surface area contributed by atoms with Crippen molar-refractivity contribution in [3.63, 3.8) is 0 Å². The van der Waals surface area contributed by atoms with Gasteiger partial charge in [0, 0.05) is 31.4 Å². The largest absolute Gasteiger partial charge is 0.478 e. The number of carboxylic acid groups (broad SMARTS) is 1. The van der Waals surface area contributed by atoms with E-state index in [1.807, 2.05) is 24.0 Å². The van der Waals surface area contributed by atoms with Crippen molar-refractivity contribution in [2.75, 3.05) is 34.2 Å². The maximum Gasteiger partial charge on any atom is 0.335 e. The zero-order valence-electron chi connectivity index (χ0n) is 18.9. The number of nitrogens with one attached hydrogen (secondary N) is 1. The second-order valence-electron chi connectivity index (χ2n) is 8.43. The van der Waals surface area contributed by atoms with Gasteiger partial charge >= 0.3 is 5.97 Å². The van der Waals surface area contributed by atoms with Crippen LogP contribution in [-0.4, -0.2) is 45.2 Å². The number of hydrogen-bond acceptors (Lipinski definition) is 5. The van der Waals surface area contributed by atoms with E-state index in [1.165, 1.54) is 29.8 Å². The quantitative estimate of drug-likeness (QED) is 0.542. The minimum Gasteiger partial charge on any atom is -0.478 e. The Hall–Kier alpha value is -3.59. The molecule has 1 aliphatic rings. The Balaban J connectivity index is 1.64. The fourth-order valence-electron chi connectivity index (χ4n) is 4.23. The van der Waals surface area contributed by atoms with Gasteiger partial charge in [-0.1, -0.05) is 18.2 Å². The van der Waals surface area contributed by atoms with Crippen molar-refractivity contribution in [2.24, 2.45) is 0 Å². The van der Waals surface area contributed by atoms with Crippen molar-refractivity contribution < 1.29 is 22.7 Å². The van der Waals surface area contributed by atoms with Crippen molar-refractivity contribution in [3.05, 3.63) is 83.7 Å². The molecule has 0 bridgehead atoms. The minimum absolute atomic E-state index is 0.0489. The summed E-state index contributed by atoms with van der Waals surface area (Å²) in [6.45, 7) is 6.07. The van der Waals surface area contributed by atoms with Gasteiger partial charge in [0.05, 0.1) is 21.8 Å². The summed E-state index contributed by atoms with van der Waals surface area (Å²) in [5, 5.41) is 9.44. The number of carboxylic acids is 1. The Bertz CT molecular complexity index is 1330. The lowest BCUT2D eigenvalue weighted by Crippen LogP contribution is -2.52. The van der Waals surface area contributed by atoms with Crippen molar-refractivity contribution in [2.45, 2.75) is 24.8 Å². The van der Waals surface area contributed by atoms with Gasteiger partial charge in [-0.2, -0.15) is 0 Å². The topological polar surface area (TPSA) is 89.9 Å². The van der Waals surface area contributed by atoms with E-state index in [-0.39, 0.29) is 22.2 Å². The van der Waals surface area contributed by atoms with E-state index < -0.39 is 21.8 Å². The zero-order valence-corrected chi connectivity index (χ0v) is 19.7. The van der Waals surface area contributed by atoms with E-state index in [0.29, 0.717) is 25.3 Å². The first-order chi connectivity index (χ1) is 16.1. The smallest absolute Gasteiger partial charge is 0.335 e. The second-order valence-corrected chi connectivity index (χ2v) is 10.1. The second kappa shape index (κ2) is 9.34. The molecule has 3 aromatic rings. The van der Waals surface area contributed by atoms with Crippen LogP contribution in [0.2, 0.25) is 0 Å². The third-order valence-electron chi connectivity index (χ3n) is 5.90. The first-order valence-corrected chi connectivity index (χ1v) is 12.4. The molecule has 9 heteroatoms. The molecule has 0 saturated carbocycles. The molecule has 0 amide bonds. The summed E-state index contributed by atoms with van der Waals surface area (Å²) in [6, 6.07) is 17.4. The molecule has 1 aliphatic heterocycles. The molecule has 0 spiro atoms. The minimum atomic E-state index is -4.13. The molecule has 0 aromatic heterocycles. The normalized spacial score (nSPS) is 16.4. The van der Waals surface area contributed by atoms with E-state index in [1.54, 1.807) is 6.07 Å². The third-order valence-corrected chi connectivity index (χ3v) is 7.26. The first kappa shape index (κ1) is 23.6. The average molecular weight is 484 g/mol. The standard InChI is InChI=1S/C25H26FN3O4S/c1-17-5-3-7-21(13-17)29-12-11-28(16-18(29)2)24-10-9-19(25(30)31)14-23(24)27-34(32,33)22-8-4-6-20(26)15-22/h3-10,13-15,18,27H,11-12,16H2,1-2H3,(H,30,31)/t18-/m1/s1. The lowest BCUT2D eigenvalue weighted by atomic mass is 10.1. The molecule has 178 valence electrons. The van der Waals surface area contributed by atoms with Crippen molar-refractivity contribution in [1.82, 2.24) is 0 Å². The van der Waals surface area contributed by atoms with Crippen LogP contribution in [0.1, 0.15) is 22.8 Å². The molecule has 1 fully saturated rings. The van der Waals surface area contributed by atoms with Gasteiger partial charge < -0.3 is 14.9 Å². The molecule has 2 N–H and O–H groups in total. The Morgan fingerprint density at radius 3 is 2.50 bits per heavy atom. The molecular weight excluding hydrogens is 457 g/mol. The van der Waals surface area contributed by atoms with Crippen LogP contribution in [0.15, 0.2) is 71.6 Å². The molecule has 0 unspecified atom stereocenters. The van der Waals surface area contributed by atoms with Gasteiger partial charge in [0.1, 0.15) is 5.82 Å². The van der Waals surface area contributed by atoms with E-state index in [9.17, 15) is 22.7 Å². The van der Waals surface area contributed by atoms with E-state index in [0.717, 1.165) is 17.8 Å². The van der Waals surface area contributed by atoms with Gasteiger partial charge in [-0.05, 0) is 67.9 Å². The summed E-state index contributed by atoms with van der Waals surface area (Å²) < 4.78 is 42.0. The van der Waals surface area contributed by atoms with Crippen LogP contribution < -0.4 is 14.5 Å². The monoisotopic (exact) mass is 483 g/mol. The van der Waals surface area contributed by atoms with Crippen LogP contribution in [0.3, 0.4) is 0 Å². The van der Waals surface area contributed by atoms with Crippen molar-refractivity contribution in [1.29, 1.82) is 0 Å². The molecule has 0 aliphatic carbocycles. The summed E-state index contributed by atoms with van der Waals surface area (Å²) in [5.74, 6) is -1.85. The van der Waals surface area contributed by atoms with Crippen LogP contribution in [0.25, 0.3) is 0 Å². The molecule has 0 radical (unpaired) electrons. The summed E-state index contributed by atoms with van der Waals surface area (Å²) in [7, 11) is -4.13. The Morgan fingerprint density at radius 1 is 1.06 bits per heavy atom. The van der Waals surface area contributed by atoms with Crippen LogP contribution in [0.4, 0.5) is 21.5 Å². The predicted molar refractivity (Wildman–Crippen MR) is 131 cm³/mol. The number of benzene rings is 3. The predicted octanol–water partition coefficient (Wildman–Crippen LogP) is 4.35. The molecular formula is C25H26FN3O4S. The van der Waals surface area contributed by atoms with Crippen LogP contribution in [0, 0.1) is 12.7 Å². The molecule has 1 heterocycles. The lowest BCUT2D eigenvalue weighted by Gasteiger charge is -2.43. The highest BCUT2D eigenvalue weighted by Crippen LogP contribution is 2.32. The van der Waals surface area contributed by atoms with Gasteiger partial charge in [0.25, 0.3) is 10.0 Å². The van der Waals surface area contributed by atoms with Crippen LogP contribution in [0.5, 0.6) is 0 Å². The van der Waals surface area contributed by atoms with E-state index in [4.69, 9.17) is 0 Å². The van der Waals surface area contributed by atoms with Crippen LogP contribution >= 0.6 is 0 Å². The fourth-order valence-corrected chi connectivity index (χ4v) is 5.33. The maximum absolute atomic E-state index is 13.6. The van der Waals surface area contributed by atoms with E-state index >= 15 is 0 Å². The Morgan fingerprint density at radius 2 is 1.82 bits per heavy atom. The fraction of sp³-hybridized carbons (Fsp3) is 0.240. The van der Waals surface area contributed by atoms with Crippen molar-refractivity contribution in [3.8, 4) is 0 Å². The number of halogens is 1. The van der Waals surface area contributed by atoms with Gasteiger partial charge in [-0.15, -0.1) is 0 Å². The summed E-state index contributed by atoms with van der Waals surface area (Å²) in [5.41, 5.74) is 2.96. The number of aromatic carboxylic acids is 1. The van der Waals surface area contributed by atoms with Gasteiger partial charge in [-0.25, -0.2) is 17.6 Å². The van der Waals surface area contributed by atoms with Gasteiger partial charge in [0.2, 0.25) is 0 Å². The molecule has 7 nitrogen and oxygen atoms in total. The maximum atomic E-state index is 13.6. The Labute approximate surface area is 198 Å². The Kier molecular flexibility index (Phi) is 6.47. The number of hydrogen-bond donors (Lipinski definition) is 2. The highest BCUT2D eigenvalue weighted by molar-refractivity contribution is 7.92. The molecule has 34 heavy (non-hydrogen) atoms. The highest BCUT2D eigenvalue weighted by atomic mass is 32.2. The number of nitrogens with zero attached hydrogens (tertiary/aromatic N) is 2. The number of rotatable bonds is 6. The average Bonchev–Trinajstić information content (AvgIpc) is 2.78. The molecule has 1 saturated heterocycles. The third kappa shape index (κ3) is 4.99. The number of sulfonamides is 1. The van der Waals surface area contributed by atoms with Crippen molar-refractivity contribution >= 4 is 33.1 Å². The van der Waals surface area contributed by atoms with Crippen LogP contribution in [-0.2, 0) is 10.0 Å². The summed E-state index contributed by atoms with van der Waals surface area (Å²) >= 11 is 0. The zero-order chi connectivity index (χ0) is 24.5. The summed E-state index contributed by atoms with van der Waals surface area (Å²) in [6.07, 6.45) is 0. The SMILES string of the molecule is Cc1cccc(N2CCN(c3ccc(C(=O)O)cc3NS(=O)(=O)c3cccc(F)c3)C[C@H]2C)c1. The number of carbonyl (C=O) groups is 1. The summed E-state index contributed by atoms with van der Waals surface area (Å²) in [4.78, 5) is 15.6. The molecule has 3 aromatic carbocycles. The lowest BCUT2D eigenvalue weighted by molar-refractivity contribution is 0.0697.